The largest absolute Gasteiger partial charge is 0.496 e. The van der Waals surface area contributed by atoms with Gasteiger partial charge in [-0.2, -0.15) is 0 Å². The molecule has 0 heterocycles. The summed E-state index contributed by atoms with van der Waals surface area (Å²) in [5, 5.41) is 0. The molecule has 0 aliphatic heterocycles. The molecule has 1 aromatic carbocycles. The first kappa shape index (κ1) is 22.3. The number of halogens is 1. The Hall–Kier alpha value is -1.66. The number of carbonyl (C=O) groups excluding carboxylic acids is 1. The normalized spacial score (nSPS) is 11.5. The smallest absolute Gasteiger partial charge is 0.257 e. The van der Waals surface area contributed by atoms with Crippen molar-refractivity contribution in [1.82, 2.24) is 4.90 Å². The molecule has 0 fully saturated rings. The van der Waals surface area contributed by atoms with Crippen LogP contribution in [0.25, 0.3) is 0 Å². The molecule has 24 heavy (non-hydrogen) atoms. The Morgan fingerprint density at radius 1 is 1.08 bits per heavy atom. The molecule has 0 spiro atoms. The van der Waals surface area contributed by atoms with E-state index in [9.17, 15) is 4.79 Å². The summed E-state index contributed by atoms with van der Waals surface area (Å²) in [7, 11) is 6.35. The summed E-state index contributed by atoms with van der Waals surface area (Å²) in [5.41, 5.74) is 6.48. The minimum absolute atomic E-state index is 0. The molecule has 0 aliphatic carbocycles. The predicted molar refractivity (Wildman–Crippen MR) is 97.7 cm³/mol. The molecule has 1 unspecified atom stereocenters. The average molecular weight is 361 g/mol. The van der Waals surface area contributed by atoms with Gasteiger partial charge in [0, 0.05) is 31.8 Å². The monoisotopic (exact) mass is 360 g/mol. The standard InChI is InChI=1S/C17H28N2O4.ClH/c1-11(2)13(18)7-8-19(3)17(20)12-9-15(22-5)16(23-6)10-14(12)21-4;/h9-11,13H,7-8,18H2,1-6H3;1H. The van der Waals surface area contributed by atoms with E-state index in [-0.39, 0.29) is 24.4 Å². The molecule has 0 aromatic heterocycles. The zero-order chi connectivity index (χ0) is 17.6. The Bertz CT molecular complexity index is 538. The lowest BCUT2D eigenvalue weighted by Gasteiger charge is -2.23. The van der Waals surface area contributed by atoms with Gasteiger partial charge in [-0.1, -0.05) is 13.8 Å². The van der Waals surface area contributed by atoms with Crippen LogP contribution >= 0.6 is 12.4 Å². The highest BCUT2D eigenvalue weighted by molar-refractivity contribution is 5.97. The molecule has 6 nitrogen and oxygen atoms in total. The maximum absolute atomic E-state index is 12.7. The lowest BCUT2D eigenvalue weighted by Crippen LogP contribution is -2.34. The molecule has 0 radical (unpaired) electrons. The van der Waals surface area contributed by atoms with Crippen LogP contribution in [0, 0.1) is 5.92 Å². The van der Waals surface area contributed by atoms with Crippen LogP contribution in [-0.2, 0) is 0 Å². The van der Waals surface area contributed by atoms with Crippen molar-refractivity contribution in [3.63, 3.8) is 0 Å². The minimum Gasteiger partial charge on any atom is -0.496 e. The Morgan fingerprint density at radius 3 is 2.04 bits per heavy atom. The fourth-order valence-electron chi connectivity index (χ4n) is 2.18. The lowest BCUT2D eigenvalue weighted by atomic mass is 10.0. The quantitative estimate of drug-likeness (QED) is 0.771. The van der Waals surface area contributed by atoms with Crippen LogP contribution in [0.3, 0.4) is 0 Å². The summed E-state index contributed by atoms with van der Waals surface area (Å²) >= 11 is 0. The number of rotatable bonds is 8. The summed E-state index contributed by atoms with van der Waals surface area (Å²) in [5.74, 6) is 1.70. The van der Waals surface area contributed by atoms with Gasteiger partial charge in [-0.05, 0) is 12.3 Å². The first-order valence-electron chi connectivity index (χ1n) is 7.66. The fraction of sp³-hybridized carbons (Fsp3) is 0.588. The number of nitrogens with zero attached hydrogens (tertiary/aromatic N) is 1. The molecule has 0 saturated carbocycles. The van der Waals surface area contributed by atoms with Crippen molar-refractivity contribution < 1.29 is 19.0 Å². The van der Waals surface area contributed by atoms with Gasteiger partial charge in [-0.25, -0.2) is 0 Å². The third-order valence-electron chi connectivity index (χ3n) is 3.94. The summed E-state index contributed by atoms with van der Waals surface area (Å²) in [6.07, 6.45) is 0.746. The van der Waals surface area contributed by atoms with E-state index in [0.29, 0.717) is 35.3 Å². The molecule has 1 amide bonds. The second kappa shape index (κ2) is 10.3. The highest BCUT2D eigenvalue weighted by Crippen LogP contribution is 2.35. The van der Waals surface area contributed by atoms with Crippen LogP contribution in [0.5, 0.6) is 17.2 Å². The van der Waals surface area contributed by atoms with Gasteiger partial charge in [0.05, 0.1) is 26.9 Å². The van der Waals surface area contributed by atoms with E-state index in [1.165, 1.54) is 21.3 Å². The second-order valence-electron chi connectivity index (χ2n) is 5.83. The van der Waals surface area contributed by atoms with Crippen LogP contribution in [0.2, 0.25) is 0 Å². The van der Waals surface area contributed by atoms with Crippen molar-refractivity contribution in [3.8, 4) is 17.2 Å². The first-order chi connectivity index (χ1) is 10.8. The van der Waals surface area contributed by atoms with Crippen molar-refractivity contribution >= 4 is 18.3 Å². The summed E-state index contributed by atoms with van der Waals surface area (Å²) < 4.78 is 15.8. The number of amides is 1. The molecule has 7 heteroatoms. The van der Waals surface area contributed by atoms with Crippen molar-refractivity contribution in [2.24, 2.45) is 11.7 Å². The number of hydrogen-bond donors (Lipinski definition) is 1. The summed E-state index contributed by atoms with van der Waals surface area (Å²) in [6.45, 7) is 4.73. The molecule has 0 saturated heterocycles. The van der Waals surface area contributed by atoms with Crippen molar-refractivity contribution in [1.29, 1.82) is 0 Å². The zero-order valence-corrected chi connectivity index (χ0v) is 16.1. The second-order valence-corrected chi connectivity index (χ2v) is 5.83. The molecule has 1 rings (SSSR count). The fourth-order valence-corrected chi connectivity index (χ4v) is 2.18. The van der Waals surface area contributed by atoms with E-state index in [2.05, 4.69) is 13.8 Å². The lowest BCUT2D eigenvalue weighted by molar-refractivity contribution is 0.0785. The summed E-state index contributed by atoms with van der Waals surface area (Å²) in [4.78, 5) is 14.3. The maximum Gasteiger partial charge on any atom is 0.257 e. The van der Waals surface area contributed by atoms with E-state index in [1.807, 2.05) is 0 Å². The van der Waals surface area contributed by atoms with Crippen molar-refractivity contribution in [2.75, 3.05) is 34.9 Å². The molecule has 1 atom stereocenters. The number of carbonyl (C=O) groups is 1. The van der Waals surface area contributed by atoms with Crippen LogP contribution < -0.4 is 19.9 Å². The molecule has 138 valence electrons. The Morgan fingerprint density at radius 2 is 1.58 bits per heavy atom. The first-order valence-corrected chi connectivity index (χ1v) is 7.66. The Labute approximate surface area is 150 Å². The maximum atomic E-state index is 12.7. The minimum atomic E-state index is -0.140. The van der Waals surface area contributed by atoms with E-state index >= 15 is 0 Å². The topological polar surface area (TPSA) is 74.0 Å². The van der Waals surface area contributed by atoms with E-state index in [1.54, 1.807) is 24.1 Å². The van der Waals surface area contributed by atoms with E-state index in [0.717, 1.165) is 6.42 Å². The van der Waals surface area contributed by atoms with Gasteiger partial charge in [0.2, 0.25) is 0 Å². The van der Waals surface area contributed by atoms with Crippen LogP contribution in [0.1, 0.15) is 30.6 Å². The Kier molecular flexibility index (Phi) is 9.55. The van der Waals surface area contributed by atoms with Gasteiger partial charge in [0.1, 0.15) is 5.75 Å². The van der Waals surface area contributed by atoms with E-state index in [4.69, 9.17) is 19.9 Å². The van der Waals surface area contributed by atoms with Crippen LogP contribution in [0.4, 0.5) is 0 Å². The van der Waals surface area contributed by atoms with Crippen LogP contribution in [-0.4, -0.2) is 51.8 Å². The molecular weight excluding hydrogens is 332 g/mol. The third kappa shape index (κ3) is 5.46. The molecule has 1 aromatic rings. The van der Waals surface area contributed by atoms with Gasteiger partial charge >= 0.3 is 0 Å². The number of ether oxygens (including phenoxy) is 3. The molecular formula is C17H29ClN2O4. The third-order valence-corrected chi connectivity index (χ3v) is 3.94. The van der Waals surface area contributed by atoms with E-state index < -0.39 is 0 Å². The van der Waals surface area contributed by atoms with Gasteiger partial charge < -0.3 is 24.8 Å². The van der Waals surface area contributed by atoms with Gasteiger partial charge in [0.25, 0.3) is 5.91 Å². The number of benzene rings is 1. The SMILES string of the molecule is COc1cc(OC)c(C(=O)N(C)CCC(N)C(C)C)cc1OC.Cl. The highest BCUT2D eigenvalue weighted by atomic mass is 35.5. The molecule has 0 aliphatic rings. The van der Waals surface area contributed by atoms with Crippen LogP contribution in [0.15, 0.2) is 12.1 Å². The number of nitrogens with two attached hydrogens (primary N) is 1. The predicted octanol–water partition coefficient (Wildman–Crippen LogP) is 2.58. The summed E-state index contributed by atoms with van der Waals surface area (Å²) in [6, 6.07) is 3.36. The van der Waals surface area contributed by atoms with Crippen molar-refractivity contribution in [3.05, 3.63) is 17.7 Å². The van der Waals surface area contributed by atoms with Crippen molar-refractivity contribution in [2.45, 2.75) is 26.3 Å². The van der Waals surface area contributed by atoms with Gasteiger partial charge in [-0.3, -0.25) is 4.79 Å². The molecule has 0 bridgehead atoms. The van der Waals surface area contributed by atoms with Gasteiger partial charge in [-0.15, -0.1) is 12.4 Å². The molecule has 2 N–H and O–H groups in total. The van der Waals surface area contributed by atoms with Gasteiger partial charge in [0.15, 0.2) is 11.5 Å². The number of methoxy groups -OCH3 is 3. The highest BCUT2D eigenvalue weighted by Gasteiger charge is 2.21. The Balaban J connectivity index is 0.00000529. The zero-order valence-electron chi connectivity index (χ0n) is 15.3. The average Bonchev–Trinajstić information content (AvgIpc) is 2.56. The number of hydrogen-bond acceptors (Lipinski definition) is 5.